The SMILES string of the molecule is COc1cccc(-c2noc(N3CCOC(C)(c4ccccc4)C3)n2)c1. The van der Waals surface area contributed by atoms with Gasteiger partial charge in [0.15, 0.2) is 0 Å². The number of nitrogens with zero attached hydrogens (tertiary/aromatic N) is 3. The summed E-state index contributed by atoms with van der Waals surface area (Å²) in [6.45, 7) is 4.05. The van der Waals surface area contributed by atoms with E-state index in [0.717, 1.165) is 16.9 Å². The molecule has 6 heteroatoms. The second kappa shape index (κ2) is 6.80. The van der Waals surface area contributed by atoms with E-state index in [2.05, 4.69) is 34.1 Å². The minimum Gasteiger partial charge on any atom is -0.497 e. The van der Waals surface area contributed by atoms with Crippen molar-refractivity contribution >= 4 is 6.01 Å². The van der Waals surface area contributed by atoms with Gasteiger partial charge in [-0.25, -0.2) is 0 Å². The van der Waals surface area contributed by atoms with Crippen LogP contribution in [0.3, 0.4) is 0 Å². The average Bonchev–Trinajstić information content (AvgIpc) is 3.19. The largest absolute Gasteiger partial charge is 0.497 e. The molecule has 3 aromatic rings. The van der Waals surface area contributed by atoms with Gasteiger partial charge in [0.1, 0.15) is 11.4 Å². The number of anilines is 1. The van der Waals surface area contributed by atoms with Crippen LogP contribution in [-0.4, -0.2) is 36.9 Å². The Bertz CT molecular complexity index is 881. The normalized spacial score (nSPS) is 20.2. The van der Waals surface area contributed by atoms with E-state index in [-0.39, 0.29) is 0 Å². The fraction of sp³-hybridized carbons (Fsp3) is 0.300. The molecule has 1 aliphatic heterocycles. The maximum absolute atomic E-state index is 6.08. The average molecular weight is 351 g/mol. The van der Waals surface area contributed by atoms with Crippen molar-refractivity contribution in [2.75, 3.05) is 31.7 Å². The highest BCUT2D eigenvalue weighted by atomic mass is 16.5. The molecular formula is C20H21N3O3. The molecule has 0 aliphatic carbocycles. The van der Waals surface area contributed by atoms with E-state index in [9.17, 15) is 0 Å². The van der Waals surface area contributed by atoms with Gasteiger partial charge in [-0.2, -0.15) is 4.98 Å². The molecule has 0 spiro atoms. The Morgan fingerprint density at radius 2 is 1.96 bits per heavy atom. The van der Waals surface area contributed by atoms with Crippen molar-refractivity contribution in [2.24, 2.45) is 0 Å². The van der Waals surface area contributed by atoms with Crippen LogP contribution < -0.4 is 9.64 Å². The molecule has 0 N–H and O–H groups in total. The molecule has 1 atom stereocenters. The maximum atomic E-state index is 6.08. The van der Waals surface area contributed by atoms with Gasteiger partial charge in [-0.05, 0) is 24.6 Å². The van der Waals surface area contributed by atoms with Crippen LogP contribution in [0.25, 0.3) is 11.4 Å². The highest BCUT2D eigenvalue weighted by molar-refractivity contribution is 5.58. The Labute approximate surface area is 152 Å². The van der Waals surface area contributed by atoms with E-state index in [4.69, 9.17) is 14.0 Å². The lowest BCUT2D eigenvalue weighted by Gasteiger charge is -2.39. The molecule has 1 aromatic heterocycles. The summed E-state index contributed by atoms with van der Waals surface area (Å²) in [6, 6.07) is 18.3. The second-order valence-electron chi connectivity index (χ2n) is 6.50. The lowest BCUT2D eigenvalue weighted by Crippen LogP contribution is -2.48. The molecule has 0 bridgehead atoms. The van der Waals surface area contributed by atoms with Crippen molar-refractivity contribution in [3.8, 4) is 17.1 Å². The zero-order valence-electron chi connectivity index (χ0n) is 14.9. The summed E-state index contributed by atoms with van der Waals surface area (Å²) in [4.78, 5) is 6.65. The molecular weight excluding hydrogens is 330 g/mol. The van der Waals surface area contributed by atoms with E-state index in [1.165, 1.54) is 0 Å². The fourth-order valence-corrected chi connectivity index (χ4v) is 3.22. The Morgan fingerprint density at radius 3 is 2.77 bits per heavy atom. The Balaban J connectivity index is 1.57. The van der Waals surface area contributed by atoms with Crippen molar-refractivity contribution in [1.29, 1.82) is 0 Å². The summed E-state index contributed by atoms with van der Waals surface area (Å²) >= 11 is 0. The van der Waals surface area contributed by atoms with E-state index in [1.54, 1.807) is 7.11 Å². The van der Waals surface area contributed by atoms with Crippen LogP contribution in [0, 0.1) is 0 Å². The van der Waals surface area contributed by atoms with Crippen molar-refractivity contribution in [1.82, 2.24) is 10.1 Å². The first-order chi connectivity index (χ1) is 12.7. The molecule has 4 rings (SSSR count). The van der Waals surface area contributed by atoms with Crippen LogP contribution in [0.1, 0.15) is 12.5 Å². The third kappa shape index (κ3) is 3.15. The summed E-state index contributed by atoms with van der Waals surface area (Å²) in [5, 5.41) is 4.13. The molecule has 0 radical (unpaired) electrons. The van der Waals surface area contributed by atoms with Crippen LogP contribution in [-0.2, 0) is 10.3 Å². The van der Waals surface area contributed by atoms with Crippen LogP contribution in [0.2, 0.25) is 0 Å². The van der Waals surface area contributed by atoms with Gasteiger partial charge in [-0.15, -0.1) is 0 Å². The van der Waals surface area contributed by atoms with Crippen LogP contribution in [0.15, 0.2) is 59.1 Å². The predicted molar refractivity (Wildman–Crippen MR) is 98.2 cm³/mol. The molecule has 0 saturated carbocycles. The van der Waals surface area contributed by atoms with Gasteiger partial charge in [0.2, 0.25) is 5.82 Å². The Hall–Kier alpha value is -2.86. The van der Waals surface area contributed by atoms with Gasteiger partial charge in [-0.3, -0.25) is 0 Å². The van der Waals surface area contributed by atoms with E-state index < -0.39 is 5.60 Å². The first kappa shape index (κ1) is 16.6. The predicted octanol–water partition coefficient (Wildman–Crippen LogP) is 3.50. The van der Waals surface area contributed by atoms with E-state index >= 15 is 0 Å². The van der Waals surface area contributed by atoms with Gasteiger partial charge >= 0.3 is 6.01 Å². The summed E-state index contributed by atoms with van der Waals surface area (Å²) in [7, 11) is 1.64. The highest BCUT2D eigenvalue weighted by Gasteiger charge is 2.35. The number of hydrogen-bond acceptors (Lipinski definition) is 6. The van der Waals surface area contributed by atoms with Gasteiger partial charge < -0.3 is 18.9 Å². The van der Waals surface area contributed by atoms with Crippen molar-refractivity contribution in [3.05, 3.63) is 60.2 Å². The summed E-state index contributed by atoms with van der Waals surface area (Å²) in [6.07, 6.45) is 0. The van der Waals surface area contributed by atoms with E-state index in [1.807, 2.05) is 42.5 Å². The molecule has 1 unspecified atom stereocenters. The molecule has 6 nitrogen and oxygen atoms in total. The molecule has 134 valence electrons. The van der Waals surface area contributed by atoms with Gasteiger partial charge in [-0.1, -0.05) is 47.6 Å². The quantitative estimate of drug-likeness (QED) is 0.717. The number of ether oxygens (including phenoxy) is 2. The Morgan fingerprint density at radius 1 is 1.12 bits per heavy atom. The van der Waals surface area contributed by atoms with Gasteiger partial charge in [0, 0.05) is 12.1 Å². The lowest BCUT2D eigenvalue weighted by atomic mass is 9.94. The Kier molecular flexibility index (Phi) is 4.34. The monoisotopic (exact) mass is 351 g/mol. The third-order valence-electron chi connectivity index (χ3n) is 4.67. The fourth-order valence-electron chi connectivity index (χ4n) is 3.22. The smallest absolute Gasteiger partial charge is 0.324 e. The van der Waals surface area contributed by atoms with Crippen molar-refractivity contribution < 1.29 is 14.0 Å². The van der Waals surface area contributed by atoms with Gasteiger partial charge in [0.25, 0.3) is 0 Å². The minimum absolute atomic E-state index is 0.413. The minimum atomic E-state index is -0.413. The molecule has 1 fully saturated rings. The number of benzene rings is 2. The van der Waals surface area contributed by atoms with Gasteiger partial charge in [0.05, 0.1) is 20.3 Å². The first-order valence-corrected chi connectivity index (χ1v) is 8.60. The summed E-state index contributed by atoms with van der Waals surface area (Å²) in [5.74, 6) is 1.31. The number of rotatable bonds is 4. The van der Waals surface area contributed by atoms with Crippen LogP contribution >= 0.6 is 0 Å². The summed E-state index contributed by atoms with van der Waals surface area (Å²) in [5.41, 5.74) is 1.58. The molecule has 26 heavy (non-hydrogen) atoms. The molecule has 1 saturated heterocycles. The van der Waals surface area contributed by atoms with Crippen LogP contribution in [0.4, 0.5) is 6.01 Å². The lowest BCUT2D eigenvalue weighted by molar-refractivity contribution is -0.0480. The zero-order valence-corrected chi connectivity index (χ0v) is 14.9. The van der Waals surface area contributed by atoms with Crippen molar-refractivity contribution in [3.63, 3.8) is 0 Å². The number of aromatic nitrogens is 2. The molecule has 0 amide bonds. The maximum Gasteiger partial charge on any atom is 0.324 e. The standard InChI is InChI=1S/C20H21N3O3/c1-20(16-8-4-3-5-9-16)14-23(11-12-25-20)19-21-18(22-26-19)15-7-6-10-17(13-15)24-2/h3-10,13H,11-12,14H2,1-2H3. The van der Waals surface area contributed by atoms with E-state index in [0.29, 0.717) is 31.5 Å². The molecule has 2 heterocycles. The summed E-state index contributed by atoms with van der Waals surface area (Å²) < 4.78 is 16.9. The second-order valence-corrected chi connectivity index (χ2v) is 6.50. The van der Waals surface area contributed by atoms with Crippen molar-refractivity contribution in [2.45, 2.75) is 12.5 Å². The highest BCUT2D eigenvalue weighted by Crippen LogP contribution is 2.32. The number of hydrogen-bond donors (Lipinski definition) is 0. The topological polar surface area (TPSA) is 60.6 Å². The van der Waals surface area contributed by atoms with Crippen LogP contribution in [0.5, 0.6) is 5.75 Å². The first-order valence-electron chi connectivity index (χ1n) is 8.60. The number of morpholine rings is 1. The molecule has 1 aliphatic rings. The zero-order chi connectivity index (χ0) is 18.0. The third-order valence-corrected chi connectivity index (χ3v) is 4.67. The number of methoxy groups -OCH3 is 1. The molecule has 2 aromatic carbocycles.